The van der Waals surface area contributed by atoms with Crippen LogP contribution in [0.15, 0.2) is 53.4 Å². The molecule has 2 N–H and O–H groups in total. The molecule has 3 rings (SSSR count). The minimum atomic E-state index is -4.07. The molecule has 1 fully saturated rings. The van der Waals surface area contributed by atoms with E-state index in [0.717, 1.165) is 31.5 Å². The van der Waals surface area contributed by atoms with Gasteiger partial charge in [0.1, 0.15) is 16.7 Å². The zero-order valence-electron chi connectivity index (χ0n) is 17.7. The maximum absolute atomic E-state index is 13.2. The first kappa shape index (κ1) is 23.5. The fourth-order valence-corrected chi connectivity index (χ4v) is 5.23. The number of hydrogen-bond acceptors (Lipinski definition) is 5. The van der Waals surface area contributed by atoms with Crippen LogP contribution in [0.3, 0.4) is 0 Å². The minimum Gasteiger partial charge on any atom is -0.495 e. The summed E-state index contributed by atoms with van der Waals surface area (Å²) < 4.78 is 34.1. The van der Waals surface area contributed by atoms with Crippen LogP contribution in [0, 0.1) is 0 Å². The van der Waals surface area contributed by atoms with Crippen LogP contribution in [0.2, 0.25) is 5.02 Å². The van der Waals surface area contributed by atoms with Crippen molar-refractivity contribution < 1.29 is 17.9 Å². The van der Waals surface area contributed by atoms with Crippen molar-refractivity contribution in [1.29, 1.82) is 0 Å². The van der Waals surface area contributed by atoms with Crippen molar-refractivity contribution in [2.75, 3.05) is 27.2 Å². The largest absolute Gasteiger partial charge is 0.495 e. The van der Waals surface area contributed by atoms with Crippen LogP contribution in [0.25, 0.3) is 0 Å². The second-order valence-corrected chi connectivity index (χ2v) is 9.86. The number of rotatable bonds is 8. The van der Waals surface area contributed by atoms with Crippen molar-refractivity contribution >= 4 is 27.5 Å². The van der Waals surface area contributed by atoms with E-state index in [2.05, 4.69) is 14.9 Å². The molecule has 1 aliphatic heterocycles. The first-order valence-corrected chi connectivity index (χ1v) is 12.0. The number of likely N-dealkylation sites (tertiary alicyclic amines) is 1. The van der Waals surface area contributed by atoms with Gasteiger partial charge in [0.15, 0.2) is 0 Å². The molecule has 1 heterocycles. The molecule has 0 spiro atoms. The van der Waals surface area contributed by atoms with Gasteiger partial charge in [-0.25, -0.2) is 8.42 Å². The second-order valence-electron chi connectivity index (χ2n) is 7.74. The van der Waals surface area contributed by atoms with Crippen LogP contribution in [0.4, 0.5) is 0 Å². The van der Waals surface area contributed by atoms with E-state index in [1.807, 2.05) is 37.4 Å². The summed E-state index contributed by atoms with van der Waals surface area (Å²) in [6, 6.07) is 12.7. The number of benzene rings is 2. The zero-order valence-corrected chi connectivity index (χ0v) is 19.2. The van der Waals surface area contributed by atoms with Gasteiger partial charge in [0.05, 0.1) is 7.11 Å². The smallest absolute Gasteiger partial charge is 0.245 e. The molecule has 1 amide bonds. The first-order valence-electron chi connectivity index (χ1n) is 10.2. The third-order valence-corrected chi connectivity index (χ3v) is 7.10. The Kier molecular flexibility index (Phi) is 7.94. The van der Waals surface area contributed by atoms with Gasteiger partial charge in [0.2, 0.25) is 15.9 Å². The number of carbonyl (C=O) groups excluding carboxylic acids is 1. The van der Waals surface area contributed by atoms with Gasteiger partial charge in [-0.2, -0.15) is 4.72 Å². The van der Waals surface area contributed by atoms with Gasteiger partial charge in [-0.3, -0.25) is 4.79 Å². The van der Waals surface area contributed by atoms with Gasteiger partial charge < -0.3 is 15.0 Å². The fourth-order valence-electron chi connectivity index (χ4n) is 3.60. The highest BCUT2D eigenvalue weighted by atomic mass is 35.5. The molecule has 168 valence electrons. The Labute approximate surface area is 188 Å². The van der Waals surface area contributed by atoms with Gasteiger partial charge in [-0.05, 0) is 63.2 Å². The van der Waals surface area contributed by atoms with Crippen molar-refractivity contribution in [3.05, 3.63) is 59.1 Å². The van der Waals surface area contributed by atoms with Crippen molar-refractivity contribution in [2.24, 2.45) is 0 Å². The number of hydrogen-bond donors (Lipinski definition) is 2. The summed E-state index contributed by atoms with van der Waals surface area (Å²) in [6.45, 7) is 1.78. The number of nitrogens with one attached hydrogen (secondary N) is 2. The van der Waals surface area contributed by atoms with E-state index in [4.69, 9.17) is 16.3 Å². The Bertz CT molecular complexity index is 993. The quantitative estimate of drug-likeness (QED) is 0.625. The lowest BCUT2D eigenvalue weighted by molar-refractivity contribution is -0.123. The third-order valence-electron chi connectivity index (χ3n) is 5.38. The average molecular weight is 466 g/mol. The molecular formula is C22H28ClN3O4S. The highest BCUT2D eigenvalue weighted by Gasteiger charge is 2.30. The molecule has 0 radical (unpaired) electrons. The predicted octanol–water partition coefficient (Wildman–Crippen LogP) is 2.45. The summed E-state index contributed by atoms with van der Waals surface area (Å²) in [6.07, 6.45) is 1.88. The SMILES string of the molecule is COc1ccc(Cl)cc1S(=O)(=O)N[C@H](Cc1ccccc1)C(=O)NC1CCN(C)CC1. The highest BCUT2D eigenvalue weighted by Crippen LogP contribution is 2.27. The van der Waals surface area contributed by atoms with Crippen LogP contribution in [0.1, 0.15) is 18.4 Å². The summed E-state index contributed by atoms with van der Waals surface area (Å²) in [5, 5.41) is 3.28. The van der Waals surface area contributed by atoms with E-state index in [-0.39, 0.29) is 34.0 Å². The Morgan fingerprint density at radius 2 is 1.87 bits per heavy atom. The maximum Gasteiger partial charge on any atom is 0.245 e. The summed E-state index contributed by atoms with van der Waals surface area (Å²) in [7, 11) is -0.638. The monoisotopic (exact) mass is 465 g/mol. The van der Waals surface area contributed by atoms with E-state index in [9.17, 15) is 13.2 Å². The molecule has 1 saturated heterocycles. The van der Waals surface area contributed by atoms with Crippen LogP contribution in [0.5, 0.6) is 5.75 Å². The average Bonchev–Trinajstić information content (AvgIpc) is 2.75. The molecule has 0 bridgehead atoms. The molecular weight excluding hydrogens is 438 g/mol. The number of amides is 1. The molecule has 9 heteroatoms. The van der Waals surface area contributed by atoms with E-state index in [0.29, 0.717) is 0 Å². The molecule has 31 heavy (non-hydrogen) atoms. The van der Waals surface area contributed by atoms with Gasteiger partial charge in [0.25, 0.3) is 0 Å². The van der Waals surface area contributed by atoms with Crippen LogP contribution in [-0.2, 0) is 21.2 Å². The number of methoxy groups -OCH3 is 1. The van der Waals surface area contributed by atoms with Gasteiger partial charge in [-0.15, -0.1) is 0 Å². The van der Waals surface area contributed by atoms with E-state index >= 15 is 0 Å². The predicted molar refractivity (Wildman–Crippen MR) is 121 cm³/mol. The van der Waals surface area contributed by atoms with Crippen molar-refractivity contribution in [1.82, 2.24) is 14.9 Å². The number of piperidine rings is 1. The number of carbonyl (C=O) groups is 1. The van der Waals surface area contributed by atoms with Gasteiger partial charge >= 0.3 is 0 Å². The molecule has 1 atom stereocenters. The van der Waals surface area contributed by atoms with E-state index in [1.165, 1.54) is 19.2 Å². The summed E-state index contributed by atoms with van der Waals surface area (Å²) in [5.41, 5.74) is 0.854. The molecule has 2 aromatic rings. The Hall–Kier alpha value is -2.13. The molecule has 1 aliphatic rings. The number of ether oxygens (including phenoxy) is 1. The van der Waals surface area contributed by atoms with E-state index in [1.54, 1.807) is 6.07 Å². The zero-order chi connectivity index (χ0) is 22.4. The Morgan fingerprint density at radius 3 is 2.52 bits per heavy atom. The van der Waals surface area contributed by atoms with Crippen LogP contribution in [-0.4, -0.2) is 58.6 Å². The third kappa shape index (κ3) is 6.43. The minimum absolute atomic E-state index is 0.0205. The fraction of sp³-hybridized carbons (Fsp3) is 0.409. The van der Waals surface area contributed by atoms with Gasteiger partial charge in [-0.1, -0.05) is 41.9 Å². The summed E-state index contributed by atoms with van der Waals surface area (Å²) in [5.74, 6) is -0.186. The van der Waals surface area contributed by atoms with Crippen molar-refractivity contribution in [2.45, 2.75) is 36.2 Å². The van der Waals surface area contributed by atoms with Crippen LogP contribution < -0.4 is 14.8 Å². The Morgan fingerprint density at radius 1 is 1.19 bits per heavy atom. The molecule has 0 unspecified atom stereocenters. The number of nitrogens with zero attached hydrogens (tertiary/aromatic N) is 1. The second kappa shape index (κ2) is 10.5. The molecule has 0 aromatic heterocycles. The molecule has 7 nitrogen and oxygen atoms in total. The molecule has 0 aliphatic carbocycles. The topological polar surface area (TPSA) is 87.7 Å². The molecule has 0 saturated carbocycles. The van der Waals surface area contributed by atoms with Crippen molar-refractivity contribution in [3.63, 3.8) is 0 Å². The van der Waals surface area contributed by atoms with E-state index < -0.39 is 16.1 Å². The number of halogens is 1. The van der Waals surface area contributed by atoms with Crippen molar-refractivity contribution in [3.8, 4) is 5.75 Å². The van der Waals surface area contributed by atoms with Crippen LogP contribution >= 0.6 is 11.6 Å². The highest BCUT2D eigenvalue weighted by molar-refractivity contribution is 7.89. The maximum atomic E-state index is 13.2. The lowest BCUT2D eigenvalue weighted by Gasteiger charge is -2.30. The lowest BCUT2D eigenvalue weighted by atomic mass is 10.0. The first-order chi connectivity index (χ1) is 14.8. The summed E-state index contributed by atoms with van der Waals surface area (Å²) in [4.78, 5) is 15.2. The lowest BCUT2D eigenvalue weighted by Crippen LogP contribution is -2.52. The molecule has 2 aromatic carbocycles. The Balaban J connectivity index is 1.83. The van der Waals surface area contributed by atoms with Gasteiger partial charge in [0, 0.05) is 11.1 Å². The number of sulfonamides is 1. The standard InChI is InChI=1S/C22H28ClN3O4S/c1-26-12-10-18(11-13-26)24-22(27)19(14-16-6-4-3-5-7-16)25-31(28,29)21-15-17(23)8-9-20(21)30-2/h3-9,15,18-19,25H,10-14H2,1-2H3,(H,24,27)/t19-/m1/s1. The normalized spacial score (nSPS) is 16.6. The summed E-state index contributed by atoms with van der Waals surface area (Å²) >= 11 is 6.02.